The summed E-state index contributed by atoms with van der Waals surface area (Å²) in [4.78, 5) is 11.9. The molecule has 0 N–H and O–H groups in total. The van der Waals surface area contributed by atoms with Crippen molar-refractivity contribution in [1.82, 2.24) is 0 Å². The Hall–Kier alpha value is -1.61. The van der Waals surface area contributed by atoms with Gasteiger partial charge in [0.25, 0.3) is 0 Å². The highest BCUT2D eigenvalue weighted by Gasteiger charge is 2.06. The quantitative estimate of drug-likeness (QED) is 0.555. The molecule has 1 nitrogen and oxygen atoms in total. The highest BCUT2D eigenvalue weighted by Crippen LogP contribution is 2.17. The molecule has 0 heterocycles. The van der Waals surface area contributed by atoms with Crippen LogP contribution in [0.25, 0.3) is 0 Å². The van der Waals surface area contributed by atoms with Gasteiger partial charge in [-0.15, -0.1) is 0 Å². The number of rotatable bonds is 6. The van der Waals surface area contributed by atoms with Gasteiger partial charge in [0.05, 0.1) is 0 Å². The first-order valence-corrected chi connectivity index (χ1v) is 8.14. The third kappa shape index (κ3) is 5.01. The molecule has 0 saturated carbocycles. The van der Waals surface area contributed by atoms with E-state index in [1.54, 1.807) is 23.9 Å². The molecule has 110 valence electrons. The summed E-state index contributed by atoms with van der Waals surface area (Å²) >= 11 is 1.75. The Kier molecular flexibility index (Phi) is 5.57. The van der Waals surface area contributed by atoms with Crippen LogP contribution < -0.4 is 0 Å². The number of hydrogen-bond acceptors (Lipinski definition) is 2. The molecule has 0 aliphatic rings. The fraction of sp³-hybridized carbons (Fsp3) is 0.278. The minimum Gasteiger partial charge on any atom is -0.294 e. The van der Waals surface area contributed by atoms with E-state index >= 15 is 0 Å². The monoisotopic (exact) mass is 302 g/mol. The van der Waals surface area contributed by atoms with Gasteiger partial charge in [0.15, 0.2) is 5.78 Å². The van der Waals surface area contributed by atoms with Gasteiger partial charge in [-0.1, -0.05) is 29.3 Å². The molecular weight excluding hydrogens is 283 g/mol. The average molecular weight is 302 g/mol. The molecule has 0 saturated heterocycles. The summed E-state index contributed by atoms with van der Waals surface area (Å²) in [5, 5.41) is 0. The van der Waals surface area contributed by atoms with Gasteiger partial charge < -0.3 is 0 Å². The lowest BCUT2D eigenvalue weighted by Gasteiger charge is -2.05. The third-order valence-electron chi connectivity index (χ3n) is 3.19. The Balaban J connectivity index is 1.79. The summed E-state index contributed by atoms with van der Waals surface area (Å²) in [7, 11) is 0. The number of hydrogen-bond donors (Lipinski definition) is 0. The van der Waals surface area contributed by atoms with E-state index < -0.39 is 0 Å². The number of Topliss-reactive ketones (excluding diaryl/α,β-unsaturated/α-hetero) is 1. The Morgan fingerprint density at radius 1 is 1.05 bits per heavy atom. The number of thioether (sulfide) groups is 1. The van der Waals surface area contributed by atoms with Gasteiger partial charge in [0.2, 0.25) is 0 Å². The molecule has 2 aromatic carbocycles. The van der Waals surface area contributed by atoms with Crippen molar-refractivity contribution in [1.29, 1.82) is 0 Å². The van der Waals surface area contributed by atoms with Gasteiger partial charge in [-0.3, -0.25) is 4.79 Å². The van der Waals surface area contributed by atoms with E-state index in [1.807, 2.05) is 0 Å². The first kappa shape index (κ1) is 15.8. The highest BCUT2D eigenvalue weighted by molar-refractivity contribution is 7.98. The van der Waals surface area contributed by atoms with Crippen molar-refractivity contribution in [3.8, 4) is 0 Å². The largest absolute Gasteiger partial charge is 0.294 e. The Labute approximate surface area is 129 Å². The maximum Gasteiger partial charge on any atom is 0.163 e. The van der Waals surface area contributed by atoms with Crippen molar-refractivity contribution in [3.63, 3.8) is 0 Å². The van der Waals surface area contributed by atoms with E-state index in [9.17, 15) is 9.18 Å². The van der Waals surface area contributed by atoms with E-state index in [0.29, 0.717) is 12.0 Å². The minimum absolute atomic E-state index is 0.0722. The van der Waals surface area contributed by atoms with Crippen molar-refractivity contribution in [3.05, 3.63) is 70.5 Å². The van der Waals surface area contributed by atoms with E-state index in [4.69, 9.17) is 0 Å². The Bertz CT molecular complexity index is 599. The van der Waals surface area contributed by atoms with E-state index in [1.165, 1.54) is 28.8 Å². The summed E-state index contributed by atoms with van der Waals surface area (Å²) < 4.78 is 12.8. The van der Waals surface area contributed by atoms with Crippen LogP contribution in [0.5, 0.6) is 0 Å². The van der Waals surface area contributed by atoms with Gasteiger partial charge in [-0.05, 0) is 43.7 Å². The predicted octanol–water partition coefficient (Wildman–Crippen LogP) is 4.95. The lowest BCUT2D eigenvalue weighted by molar-refractivity contribution is 0.0989. The number of benzene rings is 2. The Morgan fingerprint density at radius 2 is 1.67 bits per heavy atom. The van der Waals surface area contributed by atoms with Crippen molar-refractivity contribution in [2.45, 2.75) is 26.0 Å². The molecule has 0 unspecified atom stereocenters. The number of halogens is 1. The van der Waals surface area contributed by atoms with Crippen LogP contribution in [0, 0.1) is 19.7 Å². The van der Waals surface area contributed by atoms with Gasteiger partial charge in [0, 0.05) is 23.5 Å². The van der Waals surface area contributed by atoms with E-state index in [0.717, 1.165) is 11.5 Å². The standard InChI is InChI=1S/C18H19FOS/c1-13-9-14(2)11-15(10-13)12-21-8-7-18(20)16-3-5-17(19)6-4-16/h3-6,9-11H,7-8,12H2,1-2H3. The molecule has 0 radical (unpaired) electrons. The van der Waals surface area contributed by atoms with Gasteiger partial charge in [0.1, 0.15) is 5.82 Å². The van der Waals surface area contributed by atoms with Crippen LogP contribution >= 0.6 is 11.8 Å². The average Bonchev–Trinajstić information content (AvgIpc) is 2.43. The van der Waals surface area contributed by atoms with Crippen LogP contribution in [0.2, 0.25) is 0 Å². The second kappa shape index (κ2) is 7.41. The fourth-order valence-electron chi connectivity index (χ4n) is 2.29. The van der Waals surface area contributed by atoms with Crippen molar-refractivity contribution in [2.75, 3.05) is 5.75 Å². The first-order valence-electron chi connectivity index (χ1n) is 6.98. The normalized spacial score (nSPS) is 10.6. The summed E-state index contributed by atoms with van der Waals surface area (Å²) in [5.74, 6) is 1.46. The Morgan fingerprint density at radius 3 is 2.29 bits per heavy atom. The lowest BCUT2D eigenvalue weighted by Crippen LogP contribution is -2.00. The zero-order chi connectivity index (χ0) is 15.2. The SMILES string of the molecule is Cc1cc(C)cc(CSCCC(=O)c2ccc(F)cc2)c1. The molecule has 0 aliphatic carbocycles. The summed E-state index contributed by atoms with van der Waals surface area (Å²) in [6.45, 7) is 4.19. The number of carbonyl (C=O) groups is 1. The lowest BCUT2D eigenvalue weighted by atomic mass is 10.1. The molecular formula is C18H19FOS. The zero-order valence-corrected chi connectivity index (χ0v) is 13.2. The molecule has 2 rings (SSSR count). The van der Waals surface area contributed by atoms with E-state index in [2.05, 4.69) is 32.0 Å². The number of aryl methyl sites for hydroxylation is 2. The minimum atomic E-state index is -0.309. The summed E-state index contributed by atoms with van der Waals surface area (Å²) in [6, 6.07) is 12.3. The van der Waals surface area contributed by atoms with Crippen LogP contribution in [-0.4, -0.2) is 11.5 Å². The summed E-state index contributed by atoms with van der Waals surface area (Å²) in [6.07, 6.45) is 0.487. The number of carbonyl (C=O) groups excluding carboxylic acids is 1. The maximum atomic E-state index is 12.8. The second-order valence-electron chi connectivity index (χ2n) is 5.23. The molecule has 0 atom stereocenters. The molecule has 0 bridgehead atoms. The van der Waals surface area contributed by atoms with Crippen LogP contribution in [0.3, 0.4) is 0 Å². The van der Waals surface area contributed by atoms with Gasteiger partial charge in [-0.25, -0.2) is 4.39 Å². The third-order valence-corrected chi connectivity index (χ3v) is 4.22. The number of ketones is 1. The maximum absolute atomic E-state index is 12.8. The molecule has 3 heteroatoms. The smallest absolute Gasteiger partial charge is 0.163 e. The van der Waals surface area contributed by atoms with Crippen molar-refractivity contribution >= 4 is 17.5 Å². The van der Waals surface area contributed by atoms with E-state index in [-0.39, 0.29) is 11.6 Å². The predicted molar refractivity (Wildman–Crippen MR) is 87.4 cm³/mol. The molecule has 0 fully saturated rings. The van der Waals surface area contributed by atoms with Crippen LogP contribution in [-0.2, 0) is 5.75 Å². The zero-order valence-electron chi connectivity index (χ0n) is 12.4. The van der Waals surface area contributed by atoms with Crippen molar-refractivity contribution < 1.29 is 9.18 Å². The topological polar surface area (TPSA) is 17.1 Å². The molecule has 0 spiro atoms. The van der Waals surface area contributed by atoms with Crippen LogP contribution in [0.15, 0.2) is 42.5 Å². The molecule has 0 aliphatic heterocycles. The van der Waals surface area contributed by atoms with Crippen LogP contribution in [0.4, 0.5) is 4.39 Å². The summed E-state index contributed by atoms with van der Waals surface area (Å²) in [5.41, 5.74) is 4.43. The molecule has 0 amide bonds. The fourth-order valence-corrected chi connectivity index (χ4v) is 3.16. The van der Waals surface area contributed by atoms with Crippen molar-refractivity contribution in [2.24, 2.45) is 0 Å². The highest BCUT2D eigenvalue weighted by atomic mass is 32.2. The first-order chi connectivity index (χ1) is 10.0. The molecule has 2 aromatic rings. The second-order valence-corrected chi connectivity index (χ2v) is 6.33. The molecule has 0 aromatic heterocycles. The van der Waals surface area contributed by atoms with Crippen LogP contribution in [0.1, 0.15) is 33.5 Å². The molecule has 21 heavy (non-hydrogen) atoms. The van der Waals surface area contributed by atoms with Gasteiger partial charge >= 0.3 is 0 Å². The van der Waals surface area contributed by atoms with Gasteiger partial charge in [-0.2, -0.15) is 11.8 Å².